The lowest BCUT2D eigenvalue weighted by atomic mass is 9.44. The molecule has 0 spiro atoms. The molecular formula is C66H84O20. The van der Waals surface area contributed by atoms with Crippen LogP contribution in [0.5, 0.6) is 0 Å². The predicted molar refractivity (Wildman–Crippen MR) is 303 cm³/mol. The van der Waals surface area contributed by atoms with Crippen molar-refractivity contribution in [3.05, 3.63) is 94.1 Å². The van der Waals surface area contributed by atoms with Crippen LogP contribution in [-0.4, -0.2) is 164 Å². The number of rotatable bonds is 8. The first-order valence-electron chi connectivity index (χ1n) is 30.2. The van der Waals surface area contributed by atoms with Crippen LogP contribution in [-0.2, 0) is 66.5 Å². The molecule has 4 saturated heterocycles. The maximum atomic E-state index is 13.9. The Morgan fingerprint density at radius 1 is 0.570 bits per heavy atom. The minimum Gasteiger partial charge on any atom is -0.455 e. The van der Waals surface area contributed by atoms with E-state index >= 15 is 0 Å². The molecule has 0 unspecified atom stereocenters. The zero-order valence-electron chi connectivity index (χ0n) is 51.7. The smallest absolute Gasteiger partial charge is 0.338 e. The van der Waals surface area contributed by atoms with Gasteiger partial charge in [-0.3, -0.25) is 19.2 Å². The second-order valence-corrected chi connectivity index (χ2v) is 28.2. The summed E-state index contributed by atoms with van der Waals surface area (Å²) >= 11 is 0. The van der Waals surface area contributed by atoms with E-state index in [0.717, 1.165) is 0 Å². The predicted octanol–water partition coefficient (Wildman–Crippen LogP) is 6.54. The van der Waals surface area contributed by atoms with Crippen molar-refractivity contribution in [3.8, 4) is 0 Å². The highest BCUT2D eigenvalue weighted by atomic mass is 16.8. The Balaban J connectivity index is 0.000000179. The van der Waals surface area contributed by atoms with E-state index in [1.807, 2.05) is 48.5 Å². The van der Waals surface area contributed by atoms with Crippen LogP contribution in [0, 0.1) is 33.5 Å². The highest BCUT2D eigenvalue weighted by Gasteiger charge is 2.81. The molecule has 20 nitrogen and oxygen atoms in total. The molecule has 0 amide bonds. The van der Waals surface area contributed by atoms with Gasteiger partial charge in [-0.1, -0.05) is 84.9 Å². The van der Waals surface area contributed by atoms with Gasteiger partial charge >= 0.3 is 23.9 Å². The number of fused-ring (bicyclic) bond motifs is 16. The lowest BCUT2D eigenvalue weighted by molar-refractivity contribution is -0.361. The Labute approximate surface area is 501 Å². The Morgan fingerprint density at radius 2 is 0.942 bits per heavy atom. The summed E-state index contributed by atoms with van der Waals surface area (Å²) in [5.41, 5.74) is -9.23. The van der Waals surface area contributed by atoms with E-state index in [4.69, 9.17) is 47.4 Å². The molecule has 12 rings (SSSR count). The highest BCUT2D eigenvalue weighted by Crippen LogP contribution is 2.69. The standard InChI is InChI=1S/C34H44O10.C32H40O10/c1-8-12-23(37)42-33-17-40-22(33)15-21(36)32(7)26(33)28(41-29(38)19-13-10-9-11-14-19)34(39)16-20(35)18(2)24(30(34,3)4)25-27(32)44-31(5,6)43-25;1-16-19(34)14-32(37)26(39-27(36)18-11-9-8-10-12-18)24-30(7,20(35)13-21-31(24,15-38-21)40-17(2)33)25-23(22(16)28(32,3)4)41-29(5,6)42-25/h9-11,13-14,21-22,25-28,36,39H,8,12,15-17H2,1-7H3;8-12,20-21,23-26,35,37H,13-15H2,1-7H3/t21-,22+,25+,26-,27+,28-,32+,33-,34+;20-,21+,23+,24-,25+,26-,30+,31-,32+/m00/s1. The van der Waals surface area contributed by atoms with Crippen LogP contribution in [0.3, 0.4) is 0 Å². The van der Waals surface area contributed by atoms with E-state index in [9.17, 15) is 49.2 Å². The second-order valence-electron chi connectivity index (χ2n) is 28.2. The molecular weight excluding hydrogens is 1110 g/mol. The SMILES string of the molecule is CC(=O)O[C@@]12CO[C@@H]1C[C@H](O)[C@@]1(C)[C@@H]3OC(C)(C)O[C@@H]3C3=C(C)C(=O)C[C@@](O)([C@@H](OC(=O)c4ccccc4)[C@H]21)C3(C)C.CCCC(=O)O[C@@]12CO[C@@H]1C[C@H](O)[C@@]1(C)[C@@H]3OC(C)(C)O[C@@H]3C3=C(C)C(=O)C[C@@](O)([C@@H](OC(=O)c4ccccc4)[C@H]21)C3(C)C. The van der Waals surface area contributed by atoms with E-state index in [-0.39, 0.29) is 68.0 Å². The lowest BCUT2D eigenvalue weighted by Gasteiger charge is -2.68. The molecule has 4 saturated carbocycles. The highest BCUT2D eigenvalue weighted by molar-refractivity contribution is 5.99. The van der Waals surface area contributed by atoms with Gasteiger partial charge in [0.25, 0.3) is 0 Å². The number of aliphatic hydroxyl groups is 4. The van der Waals surface area contributed by atoms with Gasteiger partial charge in [0, 0.05) is 60.7 Å². The van der Waals surface area contributed by atoms with Crippen molar-refractivity contribution in [2.24, 2.45) is 33.5 Å². The van der Waals surface area contributed by atoms with Crippen molar-refractivity contribution in [3.63, 3.8) is 0 Å². The first-order chi connectivity index (χ1) is 40.0. The Hall–Kier alpha value is -5.26. The maximum Gasteiger partial charge on any atom is 0.338 e. The van der Waals surface area contributed by atoms with Gasteiger partial charge in [0.15, 0.2) is 34.3 Å². The molecule has 10 aliphatic rings. The first kappa shape index (κ1) is 62.4. The average molecular weight is 1200 g/mol. The van der Waals surface area contributed by atoms with Gasteiger partial charge < -0.3 is 67.8 Å². The summed E-state index contributed by atoms with van der Waals surface area (Å²) in [4.78, 5) is 81.2. The Kier molecular flexibility index (Phi) is 15.0. The van der Waals surface area contributed by atoms with Gasteiger partial charge in [-0.05, 0) is 94.5 Å². The minimum atomic E-state index is -1.99. The molecule has 4 N–H and O–H groups in total. The van der Waals surface area contributed by atoms with Gasteiger partial charge in [0.2, 0.25) is 0 Å². The lowest BCUT2D eigenvalue weighted by Crippen LogP contribution is -2.82. The van der Waals surface area contributed by atoms with Crippen LogP contribution in [0.15, 0.2) is 83.0 Å². The fourth-order valence-corrected chi connectivity index (χ4v) is 17.4. The first-order valence-corrected chi connectivity index (χ1v) is 30.2. The van der Waals surface area contributed by atoms with Crippen molar-refractivity contribution in [1.82, 2.24) is 0 Å². The van der Waals surface area contributed by atoms with Gasteiger partial charge in [0.1, 0.15) is 47.8 Å². The van der Waals surface area contributed by atoms with Crippen molar-refractivity contribution in [2.75, 3.05) is 13.2 Å². The van der Waals surface area contributed by atoms with Gasteiger partial charge in [0.05, 0.1) is 60.6 Å². The molecule has 6 aliphatic carbocycles. The summed E-state index contributed by atoms with van der Waals surface area (Å²) in [7, 11) is 0. The quantitative estimate of drug-likeness (QED) is 0.161. The summed E-state index contributed by atoms with van der Waals surface area (Å²) < 4.78 is 63.4. The molecule has 86 heavy (non-hydrogen) atoms. The zero-order chi connectivity index (χ0) is 62.7. The molecule has 18 atom stereocenters. The van der Waals surface area contributed by atoms with Crippen LogP contribution in [0.2, 0.25) is 0 Å². The number of ether oxygens (including phenoxy) is 10. The number of esters is 4. The van der Waals surface area contributed by atoms with E-state index in [1.54, 1.807) is 102 Å². The number of ketones is 2. The van der Waals surface area contributed by atoms with Crippen molar-refractivity contribution in [1.29, 1.82) is 0 Å². The van der Waals surface area contributed by atoms with E-state index in [2.05, 4.69) is 0 Å². The van der Waals surface area contributed by atoms with E-state index < -0.39 is 152 Å². The van der Waals surface area contributed by atoms with Crippen molar-refractivity contribution >= 4 is 35.4 Å². The number of carbonyl (C=O) groups excluding carboxylic acids is 6. The number of allylic oxidation sites excluding steroid dienone is 2. The summed E-state index contributed by atoms with van der Waals surface area (Å²) in [6.07, 6.45) is -9.66. The van der Waals surface area contributed by atoms with Crippen LogP contribution in [0.4, 0.5) is 0 Å². The number of hydrogen-bond donors (Lipinski definition) is 4. The van der Waals surface area contributed by atoms with Gasteiger partial charge in [-0.25, -0.2) is 9.59 Å². The summed E-state index contributed by atoms with van der Waals surface area (Å²) in [5.74, 6) is -7.44. The molecule has 0 radical (unpaired) electrons. The van der Waals surface area contributed by atoms with Crippen LogP contribution >= 0.6 is 0 Å². The fourth-order valence-electron chi connectivity index (χ4n) is 17.4. The molecule has 4 heterocycles. The minimum absolute atomic E-state index is 0.0344. The summed E-state index contributed by atoms with van der Waals surface area (Å²) in [5, 5.41) is 50.1. The number of carbonyl (C=O) groups is 6. The van der Waals surface area contributed by atoms with Crippen molar-refractivity contribution < 1.29 is 96.6 Å². The molecule has 20 heteroatoms. The zero-order valence-corrected chi connectivity index (χ0v) is 51.7. The summed E-state index contributed by atoms with van der Waals surface area (Å²) in [6.45, 7) is 24.5. The average Bonchev–Trinajstić information content (AvgIpc) is 1.03. The largest absolute Gasteiger partial charge is 0.455 e. The molecule has 2 aromatic carbocycles. The third-order valence-corrected chi connectivity index (χ3v) is 21.9. The monoisotopic (exact) mass is 1200 g/mol. The molecule has 8 fully saturated rings. The van der Waals surface area contributed by atoms with E-state index in [1.165, 1.54) is 6.92 Å². The number of aliphatic hydroxyl groups excluding tert-OH is 2. The second kappa shape index (κ2) is 20.6. The number of benzene rings is 2. The number of Topliss-reactive ketones (excluding diaryl/α,β-unsaturated/α-hetero) is 2. The maximum absolute atomic E-state index is 13.9. The van der Waals surface area contributed by atoms with Crippen LogP contribution in [0.25, 0.3) is 0 Å². The van der Waals surface area contributed by atoms with Crippen molar-refractivity contribution in [2.45, 2.75) is 230 Å². The molecule has 4 aliphatic heterocycles. The fraction of sp³-hybridized carbons (Fsp3) is 0.667. The Bertz CT molecular complexity index is 3180. The molecule has 2 aromatic rings. The molecule has 4 bridgehead atoms. The molecule has 468 valence electrons. The number of hydrogen-bond acceptors (Lipinski definition) is 20. The van der Waals surface area contributed by atoms with Crippen LogP contribution in [0.1, 0.15) is 156 Å². The van der Waals surface area contributed by atoms with E-state index in [0.29, 0.717) is 28.7 Å². The van der Waals surface area contributed by atoms with Gasteiger partial charge in [-0.2, -0.15) is 0 Å². The summed E-state index contributed by atoms with van der Waals surface area (Å²) in [6, 6.07) is 16.8. The topological polar surface area (TPSA) is 276 Å². The molecule has 0 aromatic heterocycles. The van der Waals surface area contributed by atoms with Gasteiger partial charge in [-0.15, -0.1) is 0 Å². The normalized spacial score (nSPS) is 42.4. The third-order valence-electron chi connectivity index (χ3n) is 21.9. The van der Waals surface area contributed by atoms with Crippen LogP contribution < -0.4 is 0 Å². The Morgan fingerprint density at radius 3 is 1.28 bits per heavy atom. The third kappa shape index (κ3) is 8.86.